The molecular formula is C30H38N2O11. The van der Waals surface area contributed by atoms with Gasteiger partial charge in [-0.05, 0) is 25.3 Å². The molecule has 4 unspecified atom stereocenters. The Morgan fingerprint density at radius 3 is 2.53 bits per heavy atom. The van der Waals surface area contributed by atoms with Gasteiger partial charge < -0.3 is 38.5 Å². The number of ether oxygens (including phenoxy) is 7. The van der Waals surface area contributed by atoms with Crippen molar-refractivity contribution >= 4 is 23.8 Å². The monoisotopic (exact) mass is 602 g/mol. The molecule has 1 saturated heterocycles. The van der Waals surface area contributed by atoms with Gasteiger partial charge in [0.05, 0.1) is 26.1 Å². The van der Waals surface area contributed by atoms with Crippen LogP contribution in [0.4, 0.5) is 0 Å². The third-order valence-electron chi connectivity index (χ3n) is 6.50. The third-order valence-corrected chi connectivity index (χ3v) is 6.50. The number of hydrogen-bond acceptors (Lipinski definition) is 12. The highest BCUT2D eigenvalue weighted by molar-refractivity contribution is 5.98. The van der Waals surface area contributed by atoms with Crippen molar-refractivity contribution in [2.24, 2.45) is 5.92 Å². The van der Waals surface area contributed by atoms with Crippen molar-refractivity contribution in [1.82, 2.24) is 10.3 Å². The Kier molecular flexibility index (Phi) is 13.2. The molecule has 0 aliphatic carbocycles. The molecular weight excluding hydrogens is 564 g/mol. The van der Waals surface area contributed by atoms with Crippen molar-refractivity contribution in [2.45, 2.75) is 51.4 Å². The second-order valence-corrected chi connectivity index (χ2v) is 9.64. The van der Waals surface area contributed by atoms with Gasteiger partial charge in [0.25, 0.3) is 5.91 Å². The highest BCUT2D eigenvalue weighted by Crippen LogP contribution is 2.30. The predicted octanol–water partition coefficient (Wildman–Crippen LogP) is 2.25. The molecule has 0 spiro atoms. The Labute approximate surface area is 250 Å². The normalized spacial score (nSPS) is 20.5. The Balaban J connectivity index is 1.78. The molecule has 1 aliphatic rings. The number of esters is 3. The summed E-state index contributed by atoms with van der Waals surface area (Å²) in [4.78, 5) is 55.8. The lowest BCUT2D eigenvalue weighted by Gasteiger charge is -2.29. The number of amides is 1. The number of nitrogens with one attached hydrogen (secondary N) is 1. The van der Waals surface area contributed by atoms with Crippen LogP contribution in [0.15, 0.2) is 42.6 Å². The summed E-state index contributed by atoms with van der Waals surface area (Å²) in [7, 11) is 2.81. The van der Waals surface area contributed by atoms with Gasteiger partial charge in [0.2, 0.25) is 6.79 Å². The van der Waals surface area contributed by atoms with E-state index in [0.29, 0.717) is 19.4 Å². The van der Waals surface area contributed by atoms with Crippen LogP contribution in [0.1, 0.15) is 42.7 Å². The Morgan fingerprint density at radius 1 is 1.07 bits per heavy atom. The van der Waals surface area contributed by atoms with E-state index in [-0.39, 0.29) is 30.2 Å². The van der Waals surface area contributed by atoms with Crippen LogP contribution in [-0.4, -0.2) is 87.9 Å². The highest BCUT2D eigenvalue weighted by Gasteiger charge is 2.40. The summed E-state index contributed by atoms with van der Waals surface area (Å²) in [5.74, 6) is -3.59. The molecule has 13 heteroatoms. The molecule has 1 fully saturated rings. The minimum atomic E-state index is -1.37. The summed E-state index contributed by atoms with van der Waals surface area (Å²) in [6.07, 6.45) is 0.690. The van der Waals surface area contributed by atoms with E-state index in [4.69, 9.17) is 33.2 Å². The van der Waals surface area contributed by atoms with Gasteiger partial charge in [-0.3, -0.25) is 14.4 Å². The number of cyclic esters (lactones) is 2. The van der Waals surface area contributed by atoms with Gasteiger partial charge in [0, 0.05) is 26.0 Å². The van der Waals surface area contributed by atoms with Crippen molar-refractivity contribution in [2.75, 3.05) is 40.8 Å². The maximum absolute atomic E-state index is 13.3. The number of carbonyl (C=O) groups excluding carboxylic acids is 4. The summed E-state index contributed by atoms with van der Waals surface area (Å²) in [5, 5.41) is 2.51. The molecule has 0 radical (unpaired) electrons. The van der Waals surface area contributed by atoms with Gasteiger partial charge in [-0.1, -0.05) is 37.3 Å². The first kappa shape index (κ1) is 33.3. The van der Waals surface area contributed by atoms with Crippen molar-refractivity contribution in [3.8, 4) is 11.5 Å². The van der Waals surface area contributed by atoms with Crippen LogP contribution in [0.25, 0.3) is 0 Å². The lowest BCUT2D eigenvalue weighted by atomic mass is 9.91. The number of carbonyl (C=O) groups is 4. The minimum Gasteiger partial charge on any atom is -0.493 e. The molecule has 234 valence electrons. The Hall–Kier alpha value is -4.23. The lowest BCUT2D eigenvalue weighted by Crippen LogP contribution is -2.46. The molecule has 1 aromatic heterocycles. The standard InChI is InChI=1S/C30H38N2O11/c1-5-14-39-26-19(2)43-30(36)22(17-40-29(35)21(26)16-20-9-7-6-8-10-20)32-28(34)25-27(23(38-4)11-13-31-25)42-18-41-24(33)12-15-37-3/h6-11,13,19,21-22,26H,5,12,14-18H2,1-4H3,(H,32,34). The first-order chi connectivity index (χ1) is 20.8. The number of aromatic nitrogens is 1. The SMILES string of the molecule is CCCOC1C(C)OC(=O)C(NC(=O)c2nccc(OC)c2OCOC(=O)CCOC)COC(=O)C1Cc1ccccc1. The topological polar surface area (TPSA) is 158 Å². The van der Waals surface area contributed by atoms with E-state index < -0.39 is 61.4 Å². The van der Waals surface area contributed by atoms with E-state index in [9.17, 15) is 19.2 Å². The number of rotatable bonds is 14. The summed E-state index contributed by atoms with van der Waals surface area (Å²) < 4.78 is 37.9. The fourth-order valence-electron chi connectivity index (χ4n) is 4.34. The number of pyridine rings is 1. The van der Waals surface area contributed by atoms with Crippen molar-refractivity contribution < 1.29 is 52.3 Å². The molecule has 1 amide bonds. The first-order valence-corrected chi connectivity index (χ1v) is 13.9. The van der Waals surface area contributed by atoms with E-state index in [1.165, 1.54) is 26.5 Å². The fraction of sp³-hybridized carbons (Fsp3) is 0.500. The van der Waals surface area contributed by atoms with Crippen LogP contribution in [-0.2, 0) is 44.5 Å². The van der Waals surface area contributed by atoms with E-state index in [2.05, 4.69) is 10.3 Å². The molecule has 1 aliphatic heterocycles. The molecule has 43 heavy (non-hydrogen) atoms. The largest absolute Gasteiger partial charge is 0.493 e. The number of nitrogens with zero attached hydrogens (tertiary/aromatic N) is 1. The second-order valence-electron chi connectivity index (χ2n) is 9.64. The smallest absolute Gasteiger partial charge is 0.332 e. The van der Waals surface area contributed by atoms with Crippen molar-refractivity contribution in [1.29, 1.82) is 0 Å². The Bertz CT molecular complexity index is 1220. The first-order valence-electron chi connectivity index (χ1n) is 13.9. The highest BCUT2D eigenvalue weighted by atomic mass is 16.7. The lowest BCUT2D eigenvalue weighted by molar-refractivity contribution is -0.164. The van der Waals surface area contributed by atoms with Crippen LogP contribution in [0.5, 0.6) is 11.5 Å². The maximum atomic E-state index is 13.3. The van der Waals surface area contributed by atoms with Crippen LogP contribution in [0.2, 0.25) is 0 Å². The summed E-state index contributed by atoms with van der Waals surface area (Å²) in [6, 6.07) is 9.45. The third kappa shape index (κ3) is 9.65. The minimum absolute atomic E-state index is 0.00879. The molecule has 2 aromatic rings. The average molecular weight is 603 g/mol. The maximum Gasteiger partial charge on any atom is 0.332 e. The van der Waals surface area contributed by atoms with Gasteiger partial charge in [-0.25, -0.2) is 9.78 Å². The van der Waals surface area contributed by atoms with E-state index in [1.807, 2.05) is 37.3 Å². The van der Waals surface area contributed by atoms with E-state index in [0.717, 1.165) is 5.56 Å². The van der Waals surface area contributed by atoms with Gasteiger partial charge >= 0.3 is 17.9 Å². The van der Waals surface area contributed by atoms with Crippen molar-refractivity contribution in [3.05, 3.63) is 53.9 Å². The second kappa shape index (κ2) is 17.0. The number of hydrogen-bond donors (Lipinski definition) is 1. The van der Waals surface area contributed by atoms with E-state index >= 15 is 0 Å². The molecule has 4 atom stereocenters. The van der Waals surface area contributed by atoms with Crippen molar-refractivity contribution in [3.63, 3.8) is 0 Å². The van der Waals surface area contributed by atoms with Gasteiger partial charge in [-0.15, -0.1) is 0 Å². The summed E-state index contributed by atoms with van der Waals surface area (Å²) in [5.41, 5.74) is 0.628. The Morgan fingerprint density at radius 2 is 1.84 bits per heavy atom. The predicted molar refractivity (Wildman–Crippen MR) is 150 cm³/mol. The average Bonchev–Trinajstić information content (AvgIpc) is 3.04. The zero-order valence-electron chi connectivity index (χ0n) is 24.7. The summed E-state index contributed by atoms with van der Waals surface area (Å²) >= 11 is 0. The molecule has 0 saturated carbocycles. The van der Waals surface area contributed by atoms with E-state index in [1.54, 1.807) is 6.92 Å². The van der Waals surface area contributed by atoms with Crippen LogP contribution in [0, 0.1) is 5.92 Å². The van der Waals surface area contributed by atoms with Gasteiger partial charge in [0.1, 0.15) is 18.8 Å². The van der Waals surface area contributed by atoms with Gasteiger partial charge in [-0.2, -0.15) is 0 Å². The number of benzene rings is 1. The quantitative estimate of drug-likeness (QED) is 0.191. The zero-order chi connectivity index (χ0) is 31.2. The van der Waals surface area contributed by atoms with Crippen LogP contribution >= 0.6 is 0 Å². The summed E-state index contributed by atoms with van der Waals surface area (Å²) in [6.45, 7) is 3.06. The molecule has 3 rings (SSSR count). The van der Waals surface area contributed by atoms with Crippen LogP contribution < -0.4 is 14.8 Å². The molecule has 1 N–H and O–H groups in total. The zero-order valence-corrected chi connectivity index (χ0v) is 24.7. The molecule has 13 nitrogen and oxygen atoms in total. The fourth-order valence-corrected chi connectivity index (χ4v) is 4.34. The van der Waals surface area contributed by atoms with Gasteiger partial charge in [0.15, 0.2) is 23.2 Å². The molecule has 0 bridgehead atoms. The molecule has 2 heterocycles. The van der Waals surface area contributed by atoms with Crippen LogP contribution in [0.3, 0.4) is 0 Å². The molecule has 1 aromatic carbocycles. The number of methoxy groups -OCH3 is 2.